The van der Waals surface area contributed by atoms with Crippen LogP contribution in [0.3, 0.4) is 0 Å². The summed E-state index contributed by atoms with van der Waals surface area (Å²) in [7, 11) is 0. The maximum absolute atomic E-state index is 9.33. The predicted octanol–water partition coefficient (Wildman–Crippen LogP) is 0.433. The van der Waals surface area contributed by atoms with E-state index >= 15 is 0 Å². The third-order valence-corrected chi connectivity index (χ3v) is 1.90. The van der Waals surface area contributed by atoms with Gasteiger partial charge < -0.3 is 20.1 Å². The summed E-state index contributed by atoms with van der Waals surface area (Å²) >= 11 is 0. The predicted molar refractivity (Wildman–Crippen MR) is 51.4 cm³/mol. The molecule has 0 aromatic heterocycles. The average Bonchev–Trinajstić information content (AvgIpc) is 2.20. The lowest BCUT2D eigenvalue weighted by Crippen LogP contribution is -2.21. The molecule has 0 aliphatic carbocycles. The van der Waals surface area contributed by atoms with Gasteiger partial charge >= 0.3 is 0 Å². The largest absolute Gasteiger partial charge is 0.508 e. The fourth-order valence-corrected chi connectivity index (χ4v) is 0.998. The molecule has 4 heteroatoms. The number of phenolic OH excluding ortho intramolecular Hbond substituents is 1. The van der Waals surface area contributed by atoms with Gasteiger partial charge in [-0.3, -0.25) is 0 Å². The molecular formula is C10H14O4. The number of aliphatic hydroxyl groups excluding tert-OH is 2. The van der Waals surface area contributed by atoms with Gasteiger partial charge in [-0.1, -0.05) is 6.07 Å². The van der Waals surface area contributed by atoms with Crippen molar-refractivity contribution in [3.63, 3.8) is 0 Å². The maximum atomic E-state index is 9.33. The quantitative estimate of drug-likeness (QED) is 0.656. The van der Waals surface area contributed by atoms with Crippen LogP contribution in [0.5, 0.6) is 11.5 Å². The third-order valence-electron chi connectivity index (χ3n) is 1.90. The smallest absolute Gasteiger partial charge is 0.126 e. The topological polar surface area (TPSA) is 69.9 Å². The first kappa shape index (κ1) is 10.8. The molecule has 78 valence electrons. The van der Waals surface area contributed by atoms with Crippen molar-refractivity contribution >= 4 is 0 Å². The van der Waals surface area contributed by atoms with E-state index in [4.69, 9.17) is 14.9 Å². The summed E-state index contributed by atoms with van der Waals surface area (Å²) in [5.41, 5.74) is 0.623. The van der Waals surface area contributed by atoms with Gasteiger partial charge in [-0.05, 0) is 19.1 Å². The van der Waals surface area contributed by atoms with Crippen LogP contribution in [0.25, 0.3) is 0 Å². The Morgan fingerprint density at radius 2 is 2.14 bits per heavy atom. The van der Waals surface area contributed by atoms with Crippen LogP contribution in [0.2, 0.25) is 0 Å². The monoisotopic (exact) mass is 198 g/mol. The standard InChI is InChI=1S/C10H14O4/c1-7-9(13)3-2-4-10(7)14-6-8(12)5-11/h2-4,8,11-13H,5-6H2,1H3. The molecule has 0 amide bonds. The zero-order valence-corrected chi connectivity index (χ0v) is 7.97. The van der Waals surface area contributed by atoms with Gasteiger partial charge in [-0.25, -0.2) is 0 Å². The molecule has 1 unspecified atom stereocenters. The number of ether oxygens (including phenoxy) is 1. The molecule has 14 heavy (non-hydrogen) atoms. The fourth-order valence-electron chi connectivity index (χ4n) is 0.998. The lowest BCUT2D eigenvalue weighted by Gasteiger charge is -2.12. The van der Waals surface area contributed by atoms with Crippen molar-refractivity contribution in [2.75, 3.05) is 13.2 Å². The Morgan fingerprint density at radius 3 is 2.79 bits per heavy atom. The van der Waals surface area contributed by atoms with E-state index in [1.807, 2.05) is 0 Å². The SMILES string of the molecule is Cc1c(O)cccc1OCC(O)CO. The second-order valence-electron chi connectivity index (χ2n) is 3.05. The molecule has 0 saturated carbocycles. The van der Waals surface area contributed by atoms with Crippen molar-refractivity contribution in [2.45, 2.75) is 13.0 Å². The van der Waals surface area contributed by atoms with Gasteiger partial charge in [0.2, 0.25) is 0 Å². The van der Waals surface area contributed by atoms with E-state index in [-0.39, 0.29) is 19.0 Å². The van der Waals surface area contributed by atoms with E-state index in [1.54, 1.807) is 25.1 Å². The summed E-state index contributed by atoms with van der Waals surface area (Å²) in [5.74, 6) is 0.665. The van der Waals surface area contributed by atoms with E-state index in [0.29, 0.717) is 11.3 Å². The number of rotatable bonds is 4. The first-order valence-electron chi connectivity index (χ1n) is 4.35. The molecule has 4 nitrogen and oxygen atoms in total. The van der Waals surface area contributed by atoms with Crippen molar-refractivity contribution in [3.05, 3.63) is 23.8 Å². The molecule has 0 bridgehead atoms. The van der Waals surface area contributed by atoms with E-state index in [1.165, 1.54) is 0 Å². The number of hydrogen-bond donors (Lipinski definition) is 3. The second-order valence-corrected chi connectivity index (χ2v) is 3.05. The Hall–Kier alpha value is -1.26. The van der Waals surface area contributed by atoms with Crippen LogP contribution >= 0.6 is 0 Å². The zero-order valence-electron chi connectivity index (χ0n) is 7.97. The molecule has 0 saturated heterocycles. The number of aliphatic hydroxyl groups is 2. The van der Waals surface area contributed by atoms with Gasteiger partial charge in [0.15, 0.2) is 0 Å². The second kappa shape index (κ2) is 4.83. The minimum atomic E-state index is -0.892. The normalized spacial score (nSPS) is 12.5. The highest BCUT2D eigenvalue weighted by atomic mass is 16.5. The molecule has 1 aromatic carbocycles. The number of benzene rings is 1. The number of hydrogen-bond acceptors (Lipinski definition) is 4. The zero-order chi connectivity index (χ0) is 10.6. The van der Waals surface area contributed by atoms with Crippen molar-refractivity contribution in [1.82, 2.24) is 0 Å². The highest BCUT2D eigenvalue weighted by Crippen LogP contribution is 2.25. The summed E-state index contributed by atoms with van der Waals surface area (Å²) in [6, 6.07) is 4.91. The highest BCUT2D eigenvalue weighted by Gasteiger charge is 2.06. The summed E-state index contributed by atoms with van der Waals surface area (Å²) in [4.78, 5) is 0. The highest BCUT2D eigenvalue weighted by molar-refractivity contribution is 5.42. The minimum Gasteiger partial charge on any atom is -0.508 e. The average molecular weight is 198 g/mol. The van der Waals surface area contributed by atoms with Crippen LogP contribution in [0.15, 0.2) is 18.2 Å². The van der Waals surface area contributed by atoms with Crippen LogP contribution in [-0.2, 0) is 0 Å². The summed E-state index contributed by atoms with van der Waals surface area (Å²) in [6.07, 6.45) is -0.892. The summed E-state index contributed by atoms with van der Waals surface area (Å²) in [5, 5.41) is 26.9. The molecule has 0 aliphatic heterocycles. The molecule has 0 spiro atoms. The van der Waals surface area contributed by atoms with Crippen molar-refractivity contribution in [2.24, 2.45) is 0 Å². The Labute approximate surface area is 82.4 Å². The molecular weight excluding hydrogens is 184 g/mol. The molecule has 0 radical (unpaired) electrons. The minimum absolute atomic E-state index is 0.0147. The lowest BCUT2D eigenvalue weighted by atomic mass is 10.2. The molecule has 1 atom stereocenters. The van der Waals surface area contributed by atoms with Crippen molar-refractivity contribution in [1.29, 1.82) is 0 Å². The first-order chi connectivity index (χ1) is 6.65. The van der Waals surface area contributed by atoms with E-state index in [2.05, 4.69) is 0 Å². The number of phenols is 1. The van der Waals surface area contributed by atoms with Crippen LogP contribution in [0.4, 0.5) is 0 Å². The summed E-state index contributed by atoms with van der Waals surface area (Å²) in [6.45, 7) is 1.40. The molecule has 1 aromatic rings. The lowest BCUT2D eigenvalue weighted by molar-refractivity contribution is 0.0533. The van der Waals surface area contributed by atoms with Gasteiger partial charge in [-0.2, -0.15) is 0 Å². The molecule has 1 rings (SSSR count). The first-order valence-corrected chi connectivity index (χ1v) is 4.35. The Morgan fingerprint density at radius 1 is 1.43 bits per heavy atom. The van der Waals surface area contributed by atoms with Gasteiger partial charge in [0.05, 0.1) is 6.61 Å². The summed E-state index contributed by atoms with van der Waals surface area (Å²) < 4.78 is 5.20. The fraction of sp³-hybridized carbons (Fsp3) is 0.400. The molecule has 0 aliphatic rings. The molecule has 3 N–H and O–H groups in total. The van der Waals surface area contributed by atoms with Crippen molar-refractivity contribution in [3.8, 4) is 11.5 Å². The van der Waals surface area contributed by atoms with Gasteiger partial charge in [0, 0.05) is 5.56 Å². The number of aromatic hydroxyl groups is 1. The third kappa shape index (κ3) is 2.61. The van der Waals surface area contributed by atoms with E-state index < -0.39 is 6.10 Å². The Balaban J connectivity index is 2.63. The van der Waals surface area contributed by atoms with Crippen LogP contribution in [0.1, 0.15) is 5.56 Å². The van der Waals surface area contributed by atoms with E-state index in [9.17, 15) is 5.11 Å². The molecule has 0 heterocycles. The van der Waals surface area contributed by atoms with E-state index in [0.717, 1.165) is 0 Å². The van der Waals surface area contributed by atoms with Gasteiger partial charge in [0.1, 0.15) is 24.2 Å². The Bertz CT molecular complexity index is 298. The molecule has 0 fully saturated rings. The van der Waals surface area contributed by atoms with Crippen LogP contribution in [-0.4, -0.2) is 34.6 Å². The van der Waals surface area contributed by atoms with Gasteiger partial charge in [0.25, 0.3) is 0 Å². The maximum Gasteiger partial charge on any atom is 0.126 e. The van der Waals surface area contributed by atoms with Crippen LogP contribution in [0, 0.1) is 6.92 Å². The van der Waals surface area contributed by atoms with Crippen molar-refractivity contribution < 1.29 is 20.1 Å². The van der Waals surface area contributed by atoms with Gasteiger partial charge in [-0.15, -0.1) is 0 Å². The van der Waals surface area contributed by atoms with Crippen LogP contribution < -0.4 is 4.74 Å². The Kier molecular flexibility index (Phi) is 3.73.